The van der Waals surface area contributed by atoms with Crippen molar-refractivity contribution in [3.8, 4) is 5.75 Å². The van der Waals surface area contributed by atoms with Crippen LogP contribution in [0.4, 0.5) is 11.4 Å². The Morgan fingerprint density at radius 3 is 2.83 bits per heavy atom. The molecule has 0 radical (unpaired) electrons. The zero-order chi connectivity index (χ0) is 17.1. The Morgan fingerprint density at radius 1 is 1.25 bits per heavy atom. The smallest absolute Gasteiger partial charge is 0.231 e. The summed E-state index contributed by atoms with van der Waals surface area (Å²) in [6.45, 7) is 2.45. The summed E-state index contributed by atoms with van der Waals surface area (Å²) >= 11 is 0. The number of carbonyl (C=O) groups excluding carboxylic acids is 2. The Morgan fingerprint density at radius 2 is 2.04 bits per heavy atom. The molecule has 0 atom stereocenters. The van der Waals surface area contributed by atoms with Crippen molar-refractivity contribution in [2.75, 3.05) is 23.9 Å². The lowest BCUT2D eigenvalue weighted by Crippen LogP contribution is -2.20. The minimum absolute atomic E-state index is 0.0808. The maximum absolute atomic E-state index is 12.3. The van der Waals surface area contributed by atoms with E-state index in [-0.39, 0.29) is 18.2 Å². The molecular weight excluding hydrogens is 304 g/mol. The lowest BCUT2D eigenvalue weighted by molar-refractivity contribution is -0.117. The molecule has 0 aromatic heterocycles. The summed E-state index contributed by atoms with van der Waals surface area (Å²) in [5, 5.41) is 2.89. The largest absolute Gasteiger partial charge is 0.492 e. The fraction of sp³-hybridized carbons (Fsp3) is 0.263. The molecule has 0 aliphatic carbocycles. The summed E-state index contributed by atoms with van der Waals surface area (Å²) in [6.07, 6.45) is 0.653. The first kappa shape index (κ1) is 16.1. The van der Waals surface area contributed by atoms with Gasteiger partial charge in [-0.1, -0.05) is 24.3 Å². The number of fused-ring (bicyclic) bond motifs is 1. The normalized spacial score (nSPS) is 12.9. The van der Waals surface area contributed by atoms with Crippen LogP contribution in [-0.2, 0) is 22.4 Å². The SMILES string of the molecule is CCOc1ccccc1NC(=O)Cc1ccc2c(c1)CC(=O)N2C. The summed E-state index contributed by atoms with van der Waals surface area (Å²) in [4.78, 5) is 25.7. The summed E-state index contributed by atoms with van der Waals surface area (Å²) in [5.74, 6) is 0.631. The topological polar surface area (TPSA) is 58.6 Å². The highest BCUT2D eigenvalue weighted by Crippen LogP contribution is 2.29. The third kappa shape index (κ3) is 3.25. The van der Waals surface area contributed by atoms with Crippen LogP contribution in [0.1, 0.15) is 18.1 Å². The van der Waals surface area contributed by atoms with Gasteiger partial charge in [0.15, 0.2) is 0 Å². The molecule has 124 valence electrons. The number of rotatable bonds is 5. The Balaban J connectivity index is 1.70. The minimum Gasteiger partial charge on any atom is -0.492 e. The summed E-state index contributed by atoms with van der Waals surface area (Å²) in [5.41, 5.74) is 3.46. The van der Waals surface area contributed by atoms with Crippen LogP contribution < -0.4 is 15.0 Å². The van der Waals surface area contributed by atoms with E-state index >= 15 is 0 Å². The van der Waals surface area contributed by atoms with Gasteiger partial charge in [0.1, 0.15) is 5.75 Å². The van der Waals surface area contributed by atoms with E-state index in [9.17, 15) is 9.59 Å². The molecule has 1 heterocycles. The average Bonchev–Trinajstić information content (AvgIpc) is 2.83. The van der Waals surface area contributed by atoms with Gasteiger partial charge in [0.25, 0.3) is 0 Å². The molecule has 1 aliphatic heterocycles. The highest BCUT2D eigenvalue weighted by atomic mass is 16.5. The zero-order valence-electron chi connectivity index (χ0n) is 13.8. The van der Waals surface area contributed by atoms with Gasteiger partial charge in [-0.3, -0.25) is 9.59 Å². The number of hydrogen-bond donors (Lipinski definition) is 1. The molecule has 0 saturated heterocycles. The second kappa shape index (κ2) is 6.74. The molecule has 2 amide bonds. The number of para-hydroxylation sites is 2. The quantitative estimate of drug-likeness (QED) is 0.920. The minimum atomic E-state index is -0.111. The van der Waals surface area contributed by atoms with Crippen LogP contribution in [0.25, 0.3) is 0 Å². The van der Waals surface area contributed by atoms with Crippen LogP contribution in [0.2, 0.25) is 0 Å². The third-order valence-corrected chi connectivity index (χ3v) is 4.05. The van der Waals surface area contributed by atoms with Crippen LogP contribution in [0, 0.1) is 0 Å². The maximum Gasteiger partial charge on any atom is 0.231 e. The van der Waals surface area contributed by atoms with Crippen molar-refractivity contribution in [2.24, 2.45) is 0 Å². The van der Waals surface area contributed by atoms with Crippen molar-refractivity contribution >= 4 is 23.2 Å². The molecule has 5 nitrogen and oxygen atoms in total. The molecule has 1 aliphatic rings. The van der Waals surface area contributed by atoms with Crippen LogP contribution in [0.15, 0.2) is 42.5 Å². The van der Waals surface area contributed by atoms with Gasteiger partial charge in [-0.05, 0) is 36.2 Å². The zero-order valence-corrected chi connectivity index (χ0v) is 13.8. The molecule has 5 heteroatoms. The lowest BCUT2D eigenvalue weighted by atomic mass is 10.1. The standard InChI is InChI=1S/C19H20N2O3/c1-3-24-17-7-5-4-6-15(17)20-18(22)11-13-8-9-16-14(10-13)12-19(23)21(16)2/h4-10H,3,11-12H2,1-2H3,(H,20,22). The number of amides is 2. The molecule has 0 unspecified atom stereocenters. The van der Waals surface area contributed by atoms with Crippen molar-refractivity contribution in [1.29, 1.82) is 0 Å². The second-order valence-electron chi connectivity index (χ2n) is 5.75. The lowest BCUT2D eigenvalue weighted by Gasteiger charge is -2.12. The first-order valence-corrected chi connectivity index (χ1v) is 7.98. The molecule has 0 bridgehead atoms. The highest BCUT2D eigenvalue weighted by molar-refractivity contribution is 6.01. The maximum atomic E-state index is 12.3. The number of benzene rings is 2. The Kier molecular flexibility index (Phi) is 4.51. The van der Waals surface area contributed by atoms with Gasteiger partial charge in [-0.15, -0.1) is 0 Å². The number of ether oxygens (including phenoxy) is 1. The molecule has 1 N–H and O–H groups in total. The van der Waals surface area contributed by atoms with Crippen LogP contribution >= 0.6 is 0 Å². The Hall–Kier alpha value is -2.82. The van der Waals surface area contributed by atoms with Crippen LogP contribution in [0.5, 0.6) is 5.75 Å². The van der Waals surface area contributed by atoms with Crippen molar-refractivity contribution in [3.05, 3.63) is 53.6 Å². The Bertz CT molecular complexity index is 786. The van der Waals surface area contributed by atoms with Gasteiger partial charge in [-0.2, -0.15) is 0 Å². The van der Waals surface area contributed by atoms with Crippen molar-refractivity contribution in [2.45, 2.75) is 19.8 Å². The van der Waals surface area contributed by atoms with Crippen LogP contribution in [-0.4, -0.2) is 25.5 Å². The van der Waals surface area contributed by atoms with E-state index in [1.54, 1.807) is 11.9 Å². The number of anilines is 2. The third-order valence-electron chi connectivity index (χ3n) is 4.05. The van der Waals surface area contributed by atoms with Crippen molar-refractivity contribution in [1.82, 2.24) is 0 Å². The number of hydrogen-bond acceptors (Lipinski definition) is 3. The van der Waals surface area contributed by atoms with Crippen molar-refractivity contribution in [3.63, 3.8) is 0 Å². The van der Waals surface area contributed by atoms with E-state index in [1.807, 2.05) is 49.4 Å². The summed E-state index contributed by atoms with van der Waals surface area (Å²) < 4.78 is 5.51. The number of nitrogens with zero attached hydrogens (tertiary/aromatic N) is 1. The fourth-order valence-electron chi connectivity index (χ4n) is 2.86. The highest BCUT2D eigenvalue weighted by Gasteiger charge is 2.24. The average molecular weight is 324 g/mol. The van der Waals surface area contributed by atoms with Gasteiger partial charge in [0, 0.05) is 12.7 Å². The number of likely N-dealkylation sites (N-methyl/N-ethyl adjacent to an activating group) is 1. The predicted molar refractivity (Wildman–Crippen MR) is 93.5 cm³/mol. The molecular formula is C19H20N2O3. The van der Waals surface area contributed by atoms with Gasteiger partial charge >= 0.3 is 0 Å². The van der Waals surface area contributed by atoms with E-state index in [4.69, 9.17) is 4.74 Å². The molecule has 0 spiro atoms. The van der Waals surface area contributed by atoms with E-state index < -0.39 is 0 Å². The number of nitrogens with one attached hydrogen (secondary N) is 1. The van der Waals surface area contributed by atoms with Gasteiger partial charge in [-0.25, -0.2) is 0 Å². The van der Waals surface area contributed by atoms with E-state index in [0.29, 0.717) is 24.5 Å². The van der Waals surface area contributed by atoms with Gasteiger partial charge in [0.05, 0.1) is 25.1 Å². The predicted octanol–water partition coefficient (Wildman–Crippen LogP) is 2.79. The molecule has 3 rings (SSSR count). The fourth-order valence-corrected chi connectivity index (χ4v) is 2.86. The number of carbonyl (C=O) groups is 2. The first-order valence-electron chi connectivity index (χ1n) is 7.98. The second-order valence-corrected chi connectivity index (χ2v) is 5.75. The molecule has 2 aromatic rings. The van der Waals surface area contributed by atoms with Gasteiger partial charge < -0.3 is 15.0 Å². The Labute approximate surface area is 141 Å². The van der Waals surface area contributed by atoms with Gasteiger partial charge in [0.2, 0.25) is 11.8 Å². The molecule has 24 heavy (non-hydrogen) atoms. The van der Waals surface area contributed by atoms with E-state index in [2.05, 4.69) is 5.32 Å². The molecule has 2 aromatic carbocycles. The summed E-state index contributed by atoms with van der Waals surface area (Å²) in [6, 6.07) is 13.1. The first-order chi connectivity index (χ1) is 11.6. The molecule has 0 saturated carbocycles. The van der Waals surface area contributed by atoms with Crippen LogP contribution in [0.3, 0.4) is 0 Å². The summed E-state index contributed by atoms with van der Waals surface area (Å²) in [7, 11) is 1.77. The monoisotopic (exact) mass is 324 g/mol. The van der Waals surface area contributed by atoms with E-state index in [0.717, 1.165) is 16.8 Å². The van der Waals surface area contributed by atoms with Crippen molar-refractivity contribution < 1.29 is 14.3 Å². The molecule has 0 fully saturated rings. The van der Waals surface area contributed by atoms with E-state index in [1.165, 1.54) is 0 Å².